The van der Waals surface area contributed by atoms with E-state index in [0.29, 0.717) is 17.9 Å². The van der Waals surface area contributed by atoms with Crippen LogP contribution < -0.4 is 0 Å². The normalized spacial score (nSPS) is 46.9. The van der Waals surface area contributed by atoms with Crippen molar-refractivity contribution < 1.29 is 25.2 Å². The average molecular weight is 479 g/mol. The number of aromatic amines is 1. The molecule has 5 fully saturated rings. The van der Waals surface area contributed by atoms with Gasteiger partial charge < -0.3 is 30.1 Å². The summed E-state index contributed by atoms with van der Waals surface area (Å²) in [5.74, 6) is -2.14. The molecular formula is C28H34N2O5. The predicted octanol–water partition coefficient (Wildman–Crippen LogP) is 2.56. The van der Waals surface area contributed by atoms with Gasteiger partial charge in [-0.05, 0) is 48.7 Å². The Morgan fingerprint density at radius 1 is 1.03 bits per heavy atom. The number of ether oxygens (including phenoxy) is 1. The van der Waals surface area contributed by atoms with Gasteiger partial charge in [0.15, 0.2) is 0 Å². The maximum Gasteiger partial charge on any atom is 0.206 e. The van der Waals surface area contributed by atoms with Crippen LogP contribution in [0.25, 0.3) is 12.2 Å². The van der Waals surface area contributed by atoms with Crippen molar-refractivity contribution in [3.63, 3.8) is 0 Å². The Labute approximate surface area is 204 Å². The number of hydrogen-bond acceptors (Lipinski definition) is 6. The number of rotatable bonds is 2. The molecule has 2 spiro atoms. The standard InChI is InChI=1S/C28H34N2O5/c1-25(2)13-12-18(31)26-14-35-28(34,24(33)21(25)26)27-17(26)10-9-16(23(27)32)20-22(27)30-19(29-20)11-8-15-6-4-3-5-7-15/h3-8,11,16-18,21,23-24,31-34H,9-10,12-14H2,1-2H3,(H,29,30)/b11-8+/t16-,17?,18-,21?,23+,24-,26+,27?,28-/m0/s1. The van der Waals surface area contributed by atoms with Crippen LogP contribution in [-0.2, 0) is 10.2 Å². The van der Waals surface area contributed by atoms with Crippen molar-refractivity contribution in [3.8, 4) is 0 Å². The van der Waals surface area contributed by atoms with E-state index >= 15 is 0 Å². The fraction of sp³-hybridized carbons (Fsp3) is 0.607. The van der Waals surface area contributed by atoms with Gasteiger partial charge in [0.25, 0.3) is 0 Å². The number of aliphatic hydroxyl groups excluding tert-OH is 3. The quantitative estimate of drug-likeness (QED) is 0.453. The summed E-state index contributed by atoms with van der Waals surface area (Å²) in [5, 5.41) is 47.4. The Hall–Kier alpha value is -2.03. The lowest BCUT2D eigenvalue weighted by Crippen LogP contribution is -2.86. The van der Waals surface area contributed by atoms with Gasteiger partial charge in [-0.3, -0.25) is 0 Å². The summed E-state index contributed by atoms with van der Waals surface area (Å²) in [4.78, 5) is 8.35. The van der Waals surface area contributed by atoms with Crippen molar-refractivity contribution >= 4 is 12.2 Å². The van der Waals surface area contributed by atoms with Gasteiger partial charge in [0.2, 0.25) is 5.79 Å². The first-order valence-electron chi connectivity index (χ1n) is 12.9. The van der Waals surface area contributed by atoms with Crippen molar-refractivity contribution in [1.29, 1.82) is 0 Å². The van der Waals surface area contributed by atoms with E-state index < -0.39 is 34.9 Å². The molecule has 2 saturated heterocycles. The molecular weight excluding hydrogens is 444 g/mol. The van der Waals surface area contributed by atoms with Crippen LogP contribution in [0, 0.1) is 22.7 Å². The molecule has 7 heteroatoms. The molecule has 7 nitrogen and oxygen atoms in total. The van der Waals surface area contributed by atoms with Gasteiger partial charge in [0.1, 0.15) is 17.3 Å². The van der Waals surface area contributed by atoms with Gasteiger partial charge in [0.05, 0.1) is 24.5 Å². The molecule has 4 aliphatic carbocycles. The molecule has 8 rings (SSSR count). The molecule has 35 heavy (non-hydrogen) atoms. The lowest BCUT2D eigenvalue weighted by molar-refractivity contribution is -0.449. The van der Waals surface area contributed by atoms with Crippen LogP contribution in [0.5, 0.6) is 0 Å². The molecule has 4 bridgehead atoms. The molecule has 3 unspecified atom stereocenters. The van der Waals surface area contributed by atoms with Gasteiger partial charge >= 0.3 is 0 Å². The maximum absolute atomic E-state index is 12.3. The van der Waals surface area contributed by atoms with Crippen LogP contribution in [0.15, 0.2) is 30.3 Å². The molecule has 3 saturated carbocycles. The van der Waals surface area contributed by atoms with Crippen LogP contribution in [0.4, 0.5) is 0 Å². The molecule has 2 aromatic rings. The fourth-order valence-corrected chi connectivity index (χ4v) is 9.23. The van der Waals surface area contributed by atoms with Gasteiger partial charge in [0, 0.05) is 22.9 Å². The second-order valence-electron chi connectivity index (χ2n) is 12.2. The SMILES string of the molecule is CC1(C)CC[C@H](O)[C@]23CO[C@@](O)([C@@H](O)C12)C12c4nc(/C=C/c5ccccc5)[nH]c4[C@H](CCC13)[C@H]2O. The van der Waals surface area contributed by atoms with E-state index in [1.54, 1.807) is 0 Å². The Balaban J connectivity index is 1.41. The van der Waals surface area contributed by atoms with E-state index in [1.165, 1.54) is 0 Å². The fourth-order valence-electron chi connectivity index (χ4n) is 9.23. The van der Waals surface area contributed by atoms with Gasteiger partial charge in [-0.2, -0.15) is 0 Å². The lowest BCUT2D eigenvalue weighted by Gasteiger charge is -2.75. The summed E-state index contributed by atoms with van der Waals surface area (Å²) in [7, 11) is 0. The number of nitrogens with one attached hydrogen (secondary N) is 1. The predicted molar refractivity (Wildman–Crippen MR) is 129 cm³/mol. The molecule has 1 aromatic heterocycles. The topological polar surface area (TPSA) is 119 Å². The van der Waals surface area contributed by atoms with E-state index in [4.69, 9.17) is 9.72 Å². The van der Waals surface area contributed by atoms with E-state index in [0.717, 1.165) is 30.5 Å². The van der Waals surface area contributed by atoms with E-state index in [1.807, 2.05) is 42.5 Å². The summed E-state index contributed by atoms with van der Waals surface area (Å²) in [6.45, 7) is 4.42. The van der Waals surface area contributed by atoms with Gasteiger partial charge in [-0.25, -0.2) is 4.98 Å². The van der Waals surface area contributed by atoms with Crippen LogP contribution in [0.2, 0.25) is 0 Å². The highest BCUT2D eigenvalue weighted by molar-refractivity contribution is 5.67. The number of H-pyrrole nitrogens is 1. The Morgan fingerprint density at radius 2 is 1.80 bits per heavy atom. The highest BCUT2D eigenvalue weighted by Crippen LogP contribution is 2.76. The summed E-state index contributed by atoms with van der Waals surface area (Å²) >= 11 is 0. The van der Waals surface area contributed by atoms with Crippen molar-refractivity contribution in [1.82, 2.24) is 9.97 Å². The third kappa shape index (κ3) is 2.37. The molecule has 9 atom stereocenters. The second kappa shape index (κ2) is 6.84. The highest BCUT2D eigenvalue weighted by atomic mass is 16.6. The molecule has 5 N–H and O–H groups in total. The van der Waals surface area contributed by atoms with Crippen molar-refractivity contribution in [2.75, 3.05) is 6.61 Å². The number of hydrogen-bond donors (Lipinski definition) is 5. The first kappa shape index (κ1) is 22.2. The number of aliphatic hydroxyl groups is 4. The molecule has 2 aliphatic heterocycles. The smallest absolute Gasteiger partial charge is 0.206 e. The van der Waals surface area contributed by atoms with Crippen LogP contribution in [0.1, 0.15) is 68.2 Å². The number of nitrogens with zero attached hydrogens (tertiary/aromatic N) is 1. The minimum atomic E-state index is -1.97. The van der Waals surface area contributed by atoms with Crippen molar-refractivity contribution in [3.05, 3.63) is 53.1 Å². The Bertz CT molecular complexity index is 1210. The molecule has 186 valence electrons. The highest BCUT2D eigenvalue weighted by Gasteiger charge is 2.85. The van der Waals surface area contributed by atoms with Gasteiger partial charge in [-0.1, -0.05) is 50.3 Å². The molecule has 0 amide bonds. The van der Waals surface area contributed by atoms with E-state index in [2.05, 4.69) is 18.8 Å². The lowest BCUT2D eigenvalue weighted by atomic mass is 9.35. The Morgan fingerprint density at radius 3 is 2.57 bits per heavy atom. The van der Waals surface area contributed by atoms with E-state index in [-0.39, 0.29) is 29.8 Å². The zero-order valence-corrected chi connectivity index (χ0v) is 20.2. The minimum Gasteiger partial charge on any atom is -0.392 e. The van der Waals surface area contributed by atoms with Crippen LogP contribution >= 0.6 is 0 Å². The van der Waals surface area contributed by atoms with Gasteiger partial charge in [-0.15, -0.1) is 0 Å². The third-order valence-electron chi connectivity index (χ3n) is 10.5. The van der Waals surface area contributed by atoms with Crippen molar-refractivity contribution in [2.24, 2.45) is 22.7 Å². The summed E-state index contributed by atoms with van der Waals surface area (Å²) in [6.07, 6.45) is 3.87. The third-order valence-corrected chi connectivity index (χ3v) is 10.5. The zero-order chi connectivity index (χ0) is 24.4. The monoisotopic (exact) mass is 478 g/mol. The van der Waals surface area contributed by atoms with Crippen molar-refractivity contribution in [2.45, 2.75) is 75.0 Å². The first-order valence-corrected chi connectivity index (χ1v) is 12.9. The van der Waals surface area contributed by atoms with Crippen LogP contribution in [0.3, 0.4) is 0 Å². The maximum atomic E-state index is 12.3. The second-order valence-corrected chi connectivity index (χ2v) is 12.2. The minimum absolute atomic E-state index is 0.181. The number of aromatic nitrogens is 2. The zero-order valence-electron chi connectivity index (χ0n) is 20.2. The number of fused-ring (bicyclic) bond motifs is 4. The first-order chi connectivity index (χ1) is 16.7. The largest absolute Gasteiger partial charge is 0.392 e. The van der Waals surface area contributed by atoms with E-state index in [9.17, 15) is 20.4 Å². The summed E-state index contributed by atoms with van der Waals surface area (Å²) in [5.41, 5.74) is 0.142. The summed E-state index contributed by atoms with van der Waals surface area (Å²) < 4.78 is 6.17. The molecule has 3 heterocycles. The average Bonchev–Trinajstić information content (AvgIpc) is 3.30. The summed E-state index contributed by atoms with van der Waals surface area (Å²) in [6, 6.07) is 9.95. The number of benzene rings is 1. The molecule has 0 radical (unpaired) electrons. The molecule has 1 aromatic carbocycles. The number of imidazole rings is 1. The Kier molecular flexibility index (Phi) is 4.33. The van der Waals surface area contributed by atoms with Crippen LogP contribution in [-0.4, -0.2) is 61.1 Å². The molecule has 6 aliphatic rings.